The van der Waals surface area contributed by atoms with E-state index in [0.717, 1.165) is 0 Å². The normalized spacial score (nSPS) is 21.2. The highest BCUT2D eigenvalue weighted by molar-refractivity contribution is 5.76. The van der Waals surface area contributed by atoms with E-state index < -0.39 is 11.9 Å². The third kappa shape index (κ3) is 4.30. The van der Waals surface area contributed by atoms with Crippen molar-refractivity contribution in [2.45, 2.75) is 45.3 Å². The first-order valence-corrected chi connectivity index (χ1v) is 9.19. The van der Waals surface area contributed by atoms with Crippen molar-refractivity contribution < 1.29 is 22.7 Å². The van der Waals surface area contributed by atoms with Crippen LogP contribution in [0.25, 0.3) is 11.4 Å². The van der Waals surface area contributed by atoms with Gasteiger partial charge in [-0.3, -0.25) is 9.69 Å². The summed E-state index contributed by atoms with van der Waals surface area (Å²) in [6.07, 6.45) is -3.08. The van der Waals surface area contributed by atoms with E-state index in [-0.39, 0.29) is 42.6 Å². The van der Waals surface area contributed by atoms with Crippen LogP contribution in [0.1, 0.15) is 25.1 Å². The number of pyridine rings is 1. The molecule has 28 heavy (non-hydrogen) atoms. The largest absolute Gasteiger partial charge is 0.433 e. The van der Waals surface area contributed by atoms with Gasteiger partial charge in [0, 0.05) is 51.1 Å². The Morgan fingerprint density at radius 3 is 2.50 bits per heavy atom. The molecule has 1 saturated heterocycles. The third-order valence-corrected chi connectivity index (χ3v) is 4.82. The first-order valence-electron chi connectivity index (χ1n) is 9.19. The number of hydrogen-bond donors (Lipinski definition) is 0. The van der Waals surface area contributed by atoms with E-state index in [4.69, 9.17) is 4.74 Å². The zero-order valence-corrected chi connectivity index (χ0v) is 16.5. The van der Waals surface area contributed by atoms with Crippen LogP contribution in [-0.2, 0) is 28.8 Å². The number of aromatic nitrogens is 2. The van der Waals surface area contributed by atoms with E-state index in [1.807, 2.05) is 18.7 Å². The van der Waals surface area contributed by atoms with Crippen LogP contribution < -0.4 is 0 Å². The molecule has 0 saturated carbocycles. The Kier molecular flexibility index (Phi) is 5.67. The van der Waals surface area contributed by atoms with Crippen LogP contribution in [0.4, 0.5) is 13.2 Å². The molecular weight excluding hydrogens is 373 g/mol. The van der Waals surface area contributed by atoms with Gasteiger partial charge in [-0.05, 0) is 26.0 Å². The first-order chi connectivity index (χ1) is 13.1. The summed E-state index contributed by atoms with van der Waals surface area (Å²) in [7, 11) is 3.21. The Morgan fingerprint density at radius 1 is 1.29 bits per heavy atom. The van der Waals surface area contributed by atoms with Crippen LogP contribution in [0.2, 0.25) is 0 Å². The number of alkyl halides is 3. The maximum atomic E-state index is 13.7. The Labute approximate surface area is 162 Å². The molecule has 0 bridgehead atoms. The number of fused-ring (bicyclic) bond motifs is 1. The van der Waals surface area contributed by atoms with E-state index in [9.17, 15) is 18.0 Å². The maximum Gasteiger partial charge on any atom is 0.433 e. The summed E-state index contributed by atoms with van der Waals surface area (Å²) < 4.78 is 48.3. The molecule has 0 aromatic heterocycles. The summed E-state index contributed by atoms with van der Waals surface area (Å²) in [6, 6.07) is 3.29. The molecule has 0 aromatic carbocycles. The highest BCUT2D eigenvalue weighted by Crippen LogP contribution is 2.39. The molecule has 1 fully saturated rings. The predicted molar refractivity (Wildman–Crippen MR) is 97.8 cm³/mol. The summed E-state index contributed by atoms with van der Waals surface area (Å²) >= 11 is 0. The average molecular weight is 398 g/mol. The average Bonchev–Trinajstić information content (AvgIpc) is 2.94. The number of nitrogens with zero attached hydrogens (tertiary/aromatic N) is 4. The van der Waals surface area contributed by atoms with Crippen molar-refractivity contribution in [2.75, 3.05) is 27.2 Å². The van der Waals surface area contributed by atoms with Crippen LogP contribution in [0, 0.1) is 0 Å². The molecule has 2 unspecified atom stereocenters. The molecule has 3 aliphatic heterocycles. The molecule has 0 radical (unpaired) electrons. The fraction of sp³-hybridized carbons (Fsp3) is 0.579. The summed E-state index contributed by atoms with van der Waals surface area (Å²) in [4.78, 5) is 19.3. The number of ether oxygens (including phenoxy) is 1. The quantitative estimate of drug-likeness (QED) is 0.795. The molecule has 3 heterocycles. The molecule has 0 aromatic rings. The van der Waals surface area contributed by atoms with Crippen molar-refractivity contribution in [1.82, 2.24) is 19.4 Å². The number of morpholine rings is 1. The summed E-state index contributed by atoms with van der Waals surface area (Å²) in [5.41, 5.74) is -0.310. The summed E-state index contributed by atoms with van der Waals surface area (Å²) in [5, 5.41) is 0. The number of likely N-dealkylation sites (N-methyl/N-ethyl adjacent to an activating group) is 1. The van der Waals surface area contributed by atoms with Gasteiger partial charge in [0.15, 0.2) is 5.69 Å². The van der Waals surface area contributed by atoms with E-state index in [1.165, 1.54) is 9.47 Å². The van der Waals surface area contributed by atoms with Crippen LogP contribution in [0.15, 0.2) is 18.3 Å². The summed E-state index contributed by atoms with van der Waals surface area (Å²) in [6.45, 7) is 5.00. The van der Waals surface area contributed by atoms with E-state index >= 15 is 0 Å². The molecule has 1 amide bonds. The van der Waals surface area contributed by atoms with E-state index in [0.29, 0.717) is 18.7 Å². The van der Waals surface area contributed by atoms with Gasteiger partial charge in [-0.2, -0.15) is 13.2 Å². The van der Waals surface area contributed by atoms with Gasteiger partial charge in [0.2, 0.25) is 5.91 Å². The van der Waals surface area contributed by atoms with Crippen molar-refractivity contribution >= 4 is 5.91 Å². The van der Waals surface area contributed by atoms with Crippen molar-refractivity contribution in [3.63, 3.8) is 0 Å². The van der Waals surface area contributed by atoms with Crippen LogP contribution in [0.5, 0.6) is 0 Å². The lowest BCUT2D eigenvalue weighted by atomic mass is 10.1. The van der Waals surface area contributed by atoms with Crippen molar-refractivity contribution in [3.05, 3.63) is 29.6 Å². The van der Waals surface area contributed by atoms with Gasteiger partial charge in [0.1, 0.15) is 12.4 Å². The van der Waals surface area contributed by atoms with Crippen LogP contribution in [-0.4, -0.2) is 64.7 Å². The molecule has 2 atom stereocenters. The SMILES string of the molecule is CC1CN(Cc2c3cccn(CC(=O)N(C)C)c-3nc2C(F)(F)F)CC(C)O1. The molecule has 9 heteroatoms. The standard InChI is InChI=1S/C19H25F3N4O2/c1-12-8-25(9-13(2)28-12)10-15-14-6-5-7-26(11-16(27)24(3)4)18(14)23-17(15)19(20,21)22/h5-7,12-13H,8-11H2,1-4H3. The van der Waals surface area contributed by atoms with Gasteiger partial charge >= 0.3 is 6.18 Å². The Bertz CT molecular complexity index is 808. The lowest BCUT2D eigenvalue weighted by Gasteiger charge is -2.35. The number of halogens is 3. The van der Waals surface area contributed by atoms with E-state index in [1.54, 1.807) is 32.4 Å². The van der Waals surface area contributed by atoms with Crippen molar-refractivity contribution in [2.24, 2.45) is 0 Å². The van der Waals surface area contributed by atoms with Crippen LogP contribution in [0.3, 0.4) is 0 Å². The van der Waals surface area contributed by atoms with E-state index in [2.05, 4.69) is 4.98 Å². The third-order valence-electron chi connectivity index (χ3n) is 4.82. The van der Waals surface area contributed by atoms with Crippen molar-refractivity contribution in [1.29, 1.82) is 0 Å². The smallest absolute Gasteiger partial charge is 0.373 e. The van der Waals surface area contributed by atoms with Gasteiger partial charge in [0.25, 0.3) is 0 Å². The van der Waals surface area contributed by atoms with Crippen molar-refractivity contribution in [3.8, 4) is 11.4 Å². The topological polar surface area (TPSA) is 50.6 Å². The number of carbonyl (C=O) groups is 1. The molecule has 0 aliphatic carbocycles. The Balaban J connectivity index is 1.99. The molecule has 3 aliphatic rings. The number of rotatable bonds is 4. The molecular formula is C19H25F3N4O2. The minimum Gasteiger partial charge on any atom is -0.373 e. The Hall–Kier alpha value is -2.13. The zero-order valence-electron chi connectivity index (χ0n) is 16.5. The van der Waals surface area contributed by atoms with Crippen LogP contribution >= 0.6 is 0 Å². The molecule has 154 valence electrons. The Morgan fingerprint density at radius 2 is 1.93 bits per heavy atom. The zero-order chi connectivity index (χ0) is 20.6. The highest BCUT2D eigenvalue weighted by atomic mass is 19.4. The minimum absolute atomic E-state index is 0.0464. The summed E-state index contributed by atoms with van der Waals surface area (Å²) in [5.74, 6) is -0.0409. The van der Waals surface area contributed by atoms with Gasteiger partial charge in [-0.25, -0.2) is 4.98 Å². The van der Waals surface area contributed by atoms with Gasteiger partial charge in [-0.15, -0.1) is 0 Å². The monoisotopic (exact) mass is 398 g/mol. The molecule has 0 N–H and O–H groups in total. The lowest BCUT2D eigenvalue weighted by Crippen LogP contribution is -2.45. The second-order valence-electron chi connectivity index (χ2n) is 7.55. The predicted octanol–water partition coefficient (Wildman–Crippen LogP) is 2.70. The van der Waals surface area contributed by atoms with Gasteiger partial charge in [0.05, 0.1) is 12.2 Å². The number of amides is 1. The highest BCUT2D eigenvalue weighted by Gasteiger charge is 2.40. The lowest BCUT2D eigenvalue weighted by molar-refractivity contribution is -0.141. The second-order valence-corrected chi connectivity index (χ2v) is 7.55. The number of hydrogen-bond acceptors (Lipinski definition) is 4. The van der Waals surface area contributed by atoms with Gasteiger partial charge in [-0.1, -0.05) is 0 Å². The number of carbonyl (C=O) groups excluding carboxylic acids is 1. The molecule has 3 rings (SSSR count). The van der Waals surface area contributed by atoms with Gasteiger partial charge < -0.3 is 14.2 Å². The molecule has 0 spiro atoms. The minimum atomic E-state index is -4.57. The molecule has 6 nitrogen and oxygen atoms in total. The maximum absolute atomic E-state index is 13.7. The fourth-order valence-electron chi connectivity index (χ4n) is 3.65. The fourth-order valence-corrected chi connectivity index (χ4v) is 3.65. The second kappa shape index (κ2) is 7.71. The first kappa shape index (κ1) is 20.6.